The van der Waals surface area contributed by atoms with Gasteiger partial charge in [-0.1, -0.05) is 170 Å². The Morgan fingerprint density at radius 3 is 1.63 bits per heavy atom. The minimum absolute atomic E-state index is 0.554. The van der Waals surface area contributed by atoms with Gasteiger partial charge in [0.05, 0.1) is 22.1 Å². The molecule has 0 aliphatic heterocycles. The molecule has 0 spiro atoms. The molecule has 0 fully saturated rings. The minimum Gasteiger partial charge on any atom is -0.310 e. The van der Waals surface area contributed by atoms with Crippen molar-refractivity contribution in [3.05, 3.63) is 253 Å². The van der Waals surface area contributed by atoms with E-state index in [-0.39, 0.29) is 0 Å². The van der Waals surface area contributed by atoms with E-state index >= 15 is 0 Å². The van der Waals surface area contributed by atoms with E-state index in [4.69, 9.17) is 0 Å². The summed E-state index contributed by atoms with van der Waals surface area (Å²) in [4.78, 5) is 2.48. The Balaban J connectivity index is 1.18. The second-order valence-corrected chi connectivity index (χ2v) is 15.7. The molecular formula is C57H38N2. The van der Waals surface area contributed by atoms with Crippen LogP contribution in [-0.2, 0) is 5.41 Å². The summed E-state index contributed by atoms with van der Waals surface area (Å²) in [6, 6.07) is 85.0. The van der Waals surface area contributed by atoms with Gasteiger partial charge in [-0.25, -0.2) is 0 Å². The molecule has 0 N–H and O–H groups in total. The van der Waals surface area contributed by atoms with Crippen molar-refractivity contribution in [3.63, 3.8) is 0 Å². The van der Waals surface area contributed by atoms with Gasteiger partial charge in [0.2, 0.25) is 0 Å². The van der Waals surface area contributed by atoms with E-state index in [0.29, 0.717) is 0 Å². The van der Waals surface area contributed by atoms with Crippen LogP contribution in [0.4, 0.5) is 17.1 Å². The van der Waals surface area contributed by atoms with Gasteiger partial charge in [-0.2, -0.15) is 0 Å². The highest BCUT2D eigenvalue weighted by Crippen LogP contribution is 2.58. The maximum atomic E-state index is 2.48. The van der Waals surface area contributed by atoms with Gasteiger partial charge < -0.3 is 9.47 Å². The van der Waals surface area contributed by atoms with E-state index < -0.39 is 5.41 Å². The molecule has 2 nitrogen and oxygen atoms in total. The average molecular weight is 751 g/mol. The number of fused-ring (bicyclic) bond motifs is 8. The van der Waals surface area contributed by atoms with Crippen LogP contribution in [0.5, 0.6) is 0 Å². The van der Waals surface area contributed by atoms with Crippen LogP contribution in [-0.4, -0.2) is 4.57 Å². The highest BCUT2D eigenvalue weighted by atomic mass is 15.1. The normalized spacial score (nSPS) is 12.9. The fraction of sp³-hybridized carbons (Fsp3) is 0.0175. The predicted octanol–water partition coefficient (Wildman–Crippen LogP) is 14.9. The summed E-state index contributed by atoms with van der Waals surface area (Å²) < 4.78 is 2.41. The van der Waals surface area contributed by atoms with Crippen LogP contribution in [0.2, 0.25) is 0 Å². The number of hydrogen-bond donors (Lipinski definition) is 0. The Morgan fingerprint density at radius 1 is 0.339 bits per heavy atom. The molecule has 1 aromatic heterocycles. The summed E-state index contributed by atoms with van der Waals surface area (Å²) in [5, 5.41) is 7.37. The second-order valence-electron chi connectivity index (χ2n) is 15.7. The van der Waals surface area contributed by atoms with Crippen molar-refractivity contribution in [1.29, 1.82) is 0 Å². The van der Waals surface area contributed by atoms with Crippen molar-refractivity contribution in [2.75, 3.05) is 4.90 Å². The monoisotopic (exact) mass is 750 g/mol. The molecular weight excluding hydrogens is 713 g/mol. The van der Waals surface area contributed by atoms with Crippen molar-refractivity contribution in [3.8, 4) is 16.8 Å². The molecule has 0 saturated carbocycles. The van der Waals surface area contributed by atoms with Crippen LogP contribution in [0, 0.1) is 0 Å². The Morgan fingerprint density at radius 2 is 0.881 bits per heavy atom. The lowest BCUT2D eigenvalue weighted by atomic mass is 9.67. The first kappa shape index (κ1) is 33.5. The predicted molar refractivity (Wildman–Crippen MR) is 248 cm³/mol. The Hall–Kier alpha value is -7.68. The quantitative estimate of drug-likeness (QED) is 0.164. The third-order valence-corrected chi connectivity index (χ3v) is 12.6. The van der Waals surface area contributed by atoms with E-state index in [2.05, 4.69) is 240 Å². The number of aromatic nitrogens is 1. The van der Waals surface area contributed by atoms with Crippen molar-refractivity contribution >= 4 is 60.4 Å². The molecule has 0 bridgehead atoms. The van der Waals surface area contributed by atoms with E-state index in [0.717, 1.165) is 22.7 Å². The van der Waals surface area contributed by atoms with Crippen LogP contribution in [0.15, 0.2) is 231 Å². The minimum atomic E-state index is -0.554. The second kappa shape index (κ2) is 13.2. The van der Waals surface area contributed by atoms with Crippen LogP contribution in [0.3, 0.4) is 0 Å². The fourth-order valence-electron chi connectivity index (χ4n) is 10.1. The summed E-state index contributed by atoms with van der Waals surface area (Å²) in [6.07, 6.45) is 0. The summed E-state index contributed by atoms with van der Waals surface area (Å²) in [5.74, 6) is 0. The number of para-hydroxylation sites is 2. The van der Waals surface area contributed by atoms with Gasteiger partial charge in [-0.05, 0) is 110 Å². The van der Waals surface area contributed by atoms with E-state index in [1.165, 1.54) is 76.7 Å². The van der Waals surface area contributed by atoms with Crippen molar-refractivity contribution < 1.29 is 0 Å². The van der Waals surface area contributed by atoms with Crippen LogP contribution >= 0.6 is 0 Å². The van der Waals surface area contributed by atoms with E-state index in [1.807, 2.05) is 0 Å². The van der Waals surface area contributed by atoms with E-state index in [1.54, 1.807) is 0 Å². The van der Waals surface area contributed by atoms with Crippen molar-refractivity contribution in [2.45, 2.75) is 5.41 Å². The third kappa shape index (κ3) is 5.00. The number of nitrogens with zero attached hydrogens (tertiary/aromatic N) is 2. The summed E-state index contributed by atoms with van der Waals surface area (Å²) >= 11 is 0. The zero-order chi connectivity index (χ0) is 38.9. The molecule has 0 amide bonds. The highest BCUT2D eigenvalue weighted by Gasteiger charge is 2.46. The molecule has 0 saturated heterocycles. The van der Waals surface area contributed by atoms with Crippen LogP contribution in [0.25, 0.3) is 60.2 Å². The number of benzene rings is 10. The lowest BCUT2D eigenvalue weighted by molar-refractivity contribution is 0.769. The Bertz CT molecular complexity index is 3340. The molecule has 1 aliphatic carbocycles. The molecule has 12 rings (SSSR count). The van der Waals surface area contributed by atoms with Gasteiger partial charge >= 0.3 is 0 Å². The molecule has 1 heterocycles. The molecule has 2 heteroatoms. The highest BCUT2D eigenvalue weighted by molar-refractivity contribution is 6.11. The Kier molecular flexibility index (Phi) is 7.48. The molecule has 0 atom stereocenters. The standard InChI is InChI=1S/C57H38N2/c1-4-21-42(22-5-1)57(43-23-6-2-7-24-43)52-36-41-19-11-10-18-40(41)35-51(52)48-33-31-45(37-53(48)57)58(54-30-16-20-39-17-12-13-27-47(39)54)46-32-34-50-49-28-14-15-29-55(49)59(56(50)38-46)44-25-8-3-9-26-44/h1-38H. The smallest absolute Gasteiger partial charge is 0.0714 e. The zero-order valence-electron chi connectivity index (χ0n) is 32.3. The summed E-state index contributed by atoms with van der Waals surface area (Å²) in [6.45, 7) is 0. The number of hydrogen-bond acceptors (Lipinski definition) is 1. The van der Waals surface area contributed by atoms with Gasteiger partial charge in [-0.3, -0.25) is 0 Å². The first-order valence-electron chi connectivity index (χ1n) is 20.4. The molecule has 0 radical (unpaired) electrons. The van der Waals surface area contributed by atoms with Gasteiger partial charge in [0.1, 0.15) is 0 Å². The number of rotatable bonds is 6. The average Bonchev–Trinajstić information content (AvgIpc) is 3.79. The van der Waals surface area contributed by atoms with Crippen LogP contribution in [0.1, 0.15) is 22.3 Å². The summed E-state index contributed by atoms with van der Waals surface area (Å²) in [7, 11) is 0. The SMILES string of the molecule is c1ccc(-n2c3ccccc3c3ccc(N(c4ccc5c(c4)C(c4ccccc4)(c4ccccc4)c4cc6ccccc6cc4-5)c4cccc5ccccc45)cc32)cc1. The van der Waals surface area contributed by atoms with Gasteiger partial charge in [-0.15, -0.1) is 0 Å². The molecule has 59 heavy (non-hydrogen) atoms. The summed E-state index contributed by atoms with van der Waals surface area (Å²) in [5.41, 5.74) is 13.9. The topological polar surface area (TPSA) is 8.17 Å². The molecule has 1 aliphatic rings. The molecule has 11 aromatic rings. The molecule has 276 valence electrons. The maximum Gasteiger partial charge on any atom is 0.0714 e. The maximum absolute atomic E-state index is 2.48. The first-order valence-corrected chi connectivity index (χ1v) is 20.4. The zero-order valence-corrected chi connectivity index (χ0v) is 32.3. The van der Waals surface area contributed by atoms with E-state index in [9.17, 15) is 0 Å². The largest absolute Gasteiger partial charge is 0.310 e. The number of anilines is 3. The fourth-order valence-corrected chi connectivity index (χ4v) is 10.1. The van der Waals surface area contributed by atoms with Crippen molar-refractivity contribution in [2.24, 2.45) is 0 Å². The lowest BCUT2D eigenvalue weighted by Crippen LogP contribution is -2.28. The molecule has 0 unspecified atom stereocenters. The third-order valence-electron chi connectivity index (χ3n) is 12.6. The Labute approximate surface area is 343 Å². The first-order chi connectivity index (χ1) is 29.3. The van der Waals surface area contributed by atoms with Crippen LogP contribution < -0.4 is 4.90 Å². The van der Waals surface area contributed by atoms with Gasteiger partial charge in [0.15, 0.2) is 0 Å². The van der Waals surface area contributed by atoms with Gasteiger partial charge in [0, 0.05) is 33.2 Å². The van der Waals surface area contributed by atoms with Crippen molar-refractivity contribution in [1.82, 2.24) is 4.57 Å². The lowest BCUT2D eigenvalue weighted by Gasteiger charge is -2.35. The molecule has 10 aromatic carbocycles. The van der Waals surface area contributed by atoms with Gasteiger partial charge in [0.25, 0.3) is 0 Å².